The smallest absolute Gasteiger partial charge is 0.386 e. The summed E-state index contributed by atoms with van der Waals surface area (Å²) >= 11 is 0. The maximum absolute atomic E-state index is 12.8. The Balaban J connectivity index is 1.17. The molecule has 1 aliphatic heterocycles. The summed E-state index contributed by atoms with van der Waals surface area (Å²) in [7, 11) is 0. The van der Waals surface area contributed by atoms with Crippen LogP contribution in [0.5, 0.6) is 0 Å². The largest absolute Gasteiger partial charge is 0.391 e. The second-order valence-electron chi connectivity index (χ2n) is 9.10. The van der Waals surface area contributed by atoms with Crippen LogP contribution < -0.4 is 10.6 Å². The molecule has 1 amide bonds. The molecule has 0 aromatic rings. The summed E-state index contributed by atoms with van der Waals surface area (Å²) in [6.07, 6.45) is 5.71. The molecule has 3 unspecified atom stereocenters. The summed E-state index contributed by atoms with van der Waals surface area (Å²) in [6, 6.07) is 0.381. The van der Waals surface area contributed by atoms with Crippen molar-refractivity contribution < 1.29 is 22.7 Å². The van der Waals surface area contributed by atoms with Crippen LogP contribution in [0.15, 0.2) is 11.9 Å². The molecule has 0 aromatic heterocycles. The van der Waals surface area contributed by atoms with Crippen LogP contribution in [0.25, 0.3) is 0 Å². The van der Waals surface area contributed by atoms with Gasteiger partial charge in [0.05, 0.1) is 12.0 Å². The van der Waals surface area contributed by atoms with Gasteiger partial charge in [0.15, 0.2) is 0 Å². The second kappa shape index (κ2) is 8.25. The summed E-state index contributed by atoms with van der Waals surface area (Å²) in [5, 5.41) is 6.49. The minimum atomic E-state index is -4.03. The predicted octanol–water partition coefficient (Wildman–Crippen LogP) is 4.27. The zero-order valence-electron chi connectivity index (χ0n) is 16.3. The van der Waals surface area contributed by atoms with E-state index < -0.39 is 12.1 Å². The molecule has 0 radical (unpaired) electrons. The number of fused-ring (bicyclic) bond motifs is 1. The number of carbonyl (C=O) groups is 1. The summed E-state index contributed by atoms with van der Waals surface area (Å²) in [5.74, 6) is -0.111. The highest BCUT2D eigenvalue weighted by molar-refractivity contribution is 5.82. The van der Waals surface area contributed by atoms with Gasteiger partial charge in [-0.2, -0.15) is 13.2 Å². The van der Waals surface area contributed by atoms with E-state index in [0.717, 1.165) is 44.2 Å². The van der Waals surface area contributed by atoms with E-state index in [2.05, 4.69) is 10.6 Å². The van der Waals surface area contributed by atoms with E-state index in [1.807, 2.05) is 6.20 Å². The minimum Gasteiger partial charge on any atom is -0.386 e. The van der Waals surface area contributed by atoms with Crippen molar-refractivity contribution in [1.29, 1.82) is 0 Å². The minimum absolute atomic E-state index is 0.145. The van der Waals surface area contributed by atoms with Crippen LogP contribution in [0.2, 0.25) is 0 Å². The van der Waals surface area contributed by atoms with Crippen molar-refractivity contribution in [2.24, 2.45) is 23.7 Å². The molecule has 3 saturated carbocycles. The van der Waals surface area contributed by atoms with Crippen molar-refractivity contribution in [3.63, 3.8) is 0 Å². The molecule has 3 fully saturated rings. The molecule has 1 heterocycles. The van der Waals surface area contributed by atoms with E-state index in [9.17, 15) is 18.0 Å². The maximum Gasteiger partial charge on any atom is 0.391 e. The SMILES string of the molecule is O=C(NC1=CNC2CCC(OCCC3CCC(C(F)(F)F)CC3)CC12)C1CC1. The number of nitrogens with one attached hydrogen (secondary N) is 2. The van der Waals surface area contributed by atoms with Crippen molar-refractivity contribution in [2.75, 3.05) is 6.61 Å². The highest BCUT2D eigenvalue weighted by atomic mass is 19.4. The summed E-state index contributed by atoms with van der Waals surface area (Å²) in [5.41, 5.74) is 1.00. The normalized spacial score (nSPS) is 35.7. The van der Waals surface area contributed by atoms with Crippen LogP contribution in [0.3, 0.4) is 0 Å². The van der Waals surface area contributed by atoms with E-state index in [-0.39, 0.29) is 30.8 Å². The molecule has 158 valence electrons. The quantitative estimate of drug-likeness (QED) is 0.700. The number of rotatable bonds is 6. The molecule has 7 heteroatoms. The van der Waals surface area contributed by atoms with Crippen LogP contribution in [0.1, 0.15) is 64.2 Å². The lowest BCUT2D eigenvalue weighted by Gasteiger charge is -2.34. The number of alkyl halides is 3. The highest BCUT2D eigenvalue weighted by Crippen LogP contribution is 2.41. The van der Waals surface area contributed by atoms with Gasteiger partial charge in [-0.25, -0.2) is 0 Å². The predicted molar refractivity (Wildman–Crippen MR) is 99.1 cm³/mol. The van der Waals surface area contributed by atoms with Crippen molar-refractivity contribution in [2.45, 2.75) is 82.5 Å². The fourth-order valence-corrected chi connectivity index (χ4v) is 5.03. The molecule has 0 bridgehead atoms. The van der Waals surface area contributed by atoms with Crippen molar-refractivity contribution in [1.82, 2.24) is 10.6 Å². The Morgan fingerprint density at radius 2 is 1.86 bits per heavy atom. The van der Waals surface area contributed by atoms with Gasteiger partial charge in [0.1, 0.15) is 0 Å². The second-order valence-corrected chi connectivity index (χ2v) is 9.10. The van der Waals surface area contributed by atoms with Gasteiger partial charge in [0.25, 0.3) is 0 Å². The van der Waals surface area contributed by atoms with Crippen LogP contribution in [-0.4, -0.2) is 30.8 Å². The number of halogens is 3. The van der Waals surface area contributed by atoms with Gasteiger partial charge in [0, 0.05) is 36.4 Å². The number of hydrogen-bond donors (Lipinski definition) is 2. The van der Waals surface area contributed by atoms with Crippen molar-refractivity contribution in [3.05, 3.63) is 11.9 Å². The van der Waals surface area contributed by atoms with E-state index in [4.69, 9.17) is 4.74 Å². The summed E-state index contributed by atoms with van der Waals surface area (Å²) in [4.78, 5) is 12.1. The van der Waals surface area contributed by atoms with Crippen LogP contribution in [-0.2, 0) is 9.53 Å². The molecule has 3 aliphatic carbocycles. The monoisotopic (exact) mass is 400 g/mol. The number of ether oxygens (including phenoxy) is 1. The molecular weight excluding hydrogens is 369 g/mol. The number of amides is 1. The Kier molecular flexibility index (Phi) is 5.91. The Morgan fingerprint density at radius 1 is 1.11 bits per heavy atom. The third kappa shape index (κ3) is 4.84. The number of carbonyl (C=O) groups excluding carboxylic acids is 1. The van der Waals surface area contributed by atoms with Crippen molar-refractivity contribution in [3.8, 4) is 0 Å². The van der Waals surface area contributed by atoms with Gasteiger partial charge in [-0.05, 0) is 70.1 Å². The Labute approximate surface area is 164 Å². The third-order valence-electron chi connectivity index (χ3n) is 7.06. The molecule has 3 atom stereocenters. The topological polar surface area (TPSA) is 50.4 Å². The first-order valence-corrected chi connectivity index (χ1v) is 10.9. The Bertz CT molecular complexity index is 595. The van der Waals surface area contributed by atoms with E-state index in [1.165, 1.54) is 0 Å². The lowest BCUT2D eigenvalue weighted by molar-refractivity contribution is -0.184. The van der Waals surface area contributed by atoms with E-state index in [0.29, 0.717) is 37.3 Å². The van der Waals surface area contributed by atoms with Gasteiger partial charge in [0.2, 0.25) is 5.91 Å². The maximum atomic E-state index is 12.8. The third-order valence-corrected chi connectivity index (χ3v) is 7.06. The van der Waals surface area contributed by atoms with E-state index >= 15 is 0 Å². The molecule has 0 spiro atoms. The summed E-state index contributed by atoms with van der Waals surface area (Å²) in [6.45, 7) is 0.629. The number of hydrogen-bond acceptors (Lipinski definition) is 3. The standard InChI is InChI=1S/C21H31F3N2O2/c22-21(23,24)15-5-1-13(2-6-15)9-10-28-16-7-8-18-17(11-16)19(12-25-18)26-20(27)14-3-4-14/h12-18,25H,1-11H2,(H,26,27). The molecule has 4 aliphatic rings. The first-order chi connectivity index (χ1) is 13.4. The van der Waals surface area contributed by atoms with Crippen LogP contribution in [0.4, 0.5) is 13.2 Å². The molecule has 28 heavy (non-hydrogen) atoms. The van der Waals surface area contributed by atoms with Crippen LogP contribution in [0, 0.1) is 23.7 Å². The molecular formula is C21H31F3N2O2. The van der Waals surface area contributed by atoms with Gasteiger partial charge in [-0.1, -0.05) is 0 Å². The molecule has 4 nitrogen and oxygen atoms in total. The lowest BCUT2D eigenvalue weighted by atomic mass is 9.80. The zero-order valence-corrected chi connectivity index (χ0v) is 16.3. The fraction of sp³-hybridized carbons (Fsp3) is 0.857. The van der Waals surface area contributed by atoms with E-state index in [1.54, 1.807) is 0 Å². The lowest BCUT2D eigenvalue weighted by Crippen LogP contribution is -2.39. The molecule has 2 N–H and O–H groups in total. The first-order valence-electron chi connectivity index (χ1n) is 10.9. The zero-order chi connectivity index (χ0) is 19.7. The molecule has 0 saturated heterocycles. The fourth-order valence-electron chi connectivity index (χ4n) is 5.03. The van der Waals surface area contributed by atoms with Gasteiger partial charge >= 0.3 is 6.18 Å². The molecule has 0 aromatic carbocycles. The molecule has 4 rings (SSSR count). The Morgan fingerprint density at radius 3 is 2.54 bits per heavy atom. The van der Waals surface area contributed by atoms with Gasteiger partial charge in [-0.15, -0.1) is 0 Å². The van der Waals surface area contributed by atoms with Crippen molar-refractivity contribution >= 4 is 5.91 Å². The van der Waals surface area contributed by atoms with Gasteiger partial charge < -0.3 is 15.4 Å². The Hall–Kier alpha value is -1.24. The average Bonchev–Trinajstić information content (AvgIpc) is 3.45. The van der Waals surface area contributed by atoms with Crippen LogP contribution >= 0.6 is 0 Å². The first kappa shape index (κ1) is 20.0. The summed E-state index contributed by atoms with van der Waals surface area (Å²) < 4.78 is 44.4. The highest BCUT2D eigenvalue weighted by Gasteiger charge is 2.41. The van der Waals surface area contributed by atoms with Gasteiger partial charge in [-0.3, -0.25) is 4.79 Å². The average molecular weight is 400 g/mol.